The maximum absolute atomic E-state index is 12.7. The van der Waals surface area contributed by atoms with E-state index in [1.54, 1.807) is 50.3 Å². The van der Waals surface area contributed by atoms with Gasteiger partial charge in [-0.1, -0.05) is 46.8 Å². The van der Waals surface area contributed by atoms with Crippen LogP contribution in [0.4, 0.5) is 0 Å². The number of amides is 1. The second-order valence-electron chi connectivity index (χ2n) is 7.69. The van der Waals surface area contributed by atoms with Gasteiger partial charge in [0.2, 0.25) is 0 Å². The predicted octanol–water partition coefficient (Wildman–Crippen LogP) is 3.90. The van der Waals surface area contributed by atoms with E-state index >= 15 is 0 Å². The first-order valence-electron chi connectivity index (χ1n) is 11.4. The number of carbonyl (C=O) groups excluding carboxylic acids is 2. The van der Waals surface area contributed by atoms with Gasteiger partial charge in [-0.25, -0.2) is 10.2 Å². The Kier molecular flexibility index (Phi) is 10.2. The van der Waals surface area contributed by atoms with Crippen molar-refractivity contribution in [1.29, 1.82) is 0 Å². The minimum Gasteiger partial charge on any atom is -0.489 e. The summed E-state index contributed by atoms with van der Waals surface area (Å²) in [6.07, 6.45) is 3.12. The van der Waals surface area contributed by atoms with Crippen LogP contribution in [0.2, 0.25) is 0 Å². The van der Waals surface area contributed by atoms with Crippen LogP contribution in [0.5, 0.6) is 11.5 Å². The van der Waals surface area contributed by atoms with Crippen LogP contribution in [0.3, 0.4) is 0 Å². The van der Waals surface area contributed by atoms with E-state index in [1.807, 2.05) is 12.1 Å². The lowest BCUT2D eigenvalue weighted by Crippen LogP contribution is -2.45. The van der Waals surface area contributed by atoms with Crippen molar-refractivity contribution in [1.82, 2.24) is 16.1 Å². The van der Waals surface area contributed by atoms with Gasteiger partial charge in [0.15, 0.2) is 11.7 Å². The van der Waals surface area contributed by atoms with Crippen LogP contribution in [-0.2, 0) is 14.3 Å². The smallest absolute Gasteiger partial charge is 0.338 e. The van der Waals surface area contributed by atoms with Crippen LogP contribution in [0.1, 0.15) is 31.0 Å². The molecule has 1 aliphatic heterocycles. The molecule has 1 heterocycles. The Morgan fingerprint density at radius 1 is 1.22 bits per heavy atom. The molecule has 0 bridgehead atoms. The van der Waals surface area contributed by atoms with Crippen molar-refractivity contribution in [2.45, 2.75) is 19.9 Å². The molecule has 0 aliphatic carbocycles. The molecule has 2 aromatic rings. The van der Waals surface area contributed by atoms with Crippen LogP contribution in [-0.4, -0.2) is 43.0 Å². The number of thiocarbonyl (C=S) groups is 1. The third-order valence-corrected chi connectivity index (χ3v) is 5.79. The highest BCUT2D eigenvalue weighted by molar-refractivity contribution is 9.10. The maximum atomic E-state index is 12.7. The number of benzene rings is 2. The maximum Gasteiger partial charge on any atom is 0.338 e. The van der Waals surface area contributed by atoms with E-state index in [2.05, 4.69) is 43.7 Å². The molecule has 0 radical (unpaired) electrons. The highest BCUT2D eigenvalue weighted by Crippen LogP contribution is 2.33. The van der Waals surface area contributed by atoms with Crippen LogP contribution in [0.15, 0.2) is 76.0 Å². The van der Waals surface area contributed by atoms with Crippen molar-refractivity contribution >= 4 is 51.4 Å². The van der Waals surface area contributed by atoms with Gasteiger partial charge in [0.1, 0.15) is 18.1 Å². The number of allylic oxidation sites excluding steroid dienone is 1. The lowest BCUT2D eigenvalue weighted by atomic mass is 9.95. The Balaban J connectivity index is 1.71. The SMILES string of the molecule is C=CCOc1ccc(Br)cc1C=NNC(=O)COc1ccccc1[C@@H]1NC(=S)NC(C)=C1C(=O)OCC. The van der Waals surface area contributed by atoms with Gasteiger partial charge in [-0.2, -0.15) is 5.10 Å². The Morgan fingerprint density at radius 2 is 2.00 bits per heavy atom. The number of para-hydroxylation sites is 1. The lowest BCUT2D eigenvalue weighted by molar-refractivity contribution is -0.139. The Morgan fingerprint density at radius 3 is 2.76 bits per heavy atom. The summed E-state index contributed by atoms with van der Waals surface area (Å²) in [6, 6.07) is 11.9. The summed E-state index contributed by atoms with van der Waals surface area (Å²) >= 11 is 8.71. The van der Waals surface area contributed by atoms with Crippen LogP contribution < -0.4 is 25.5 Å². The monoisotopic (exact) mass is 586 g/mol. The van der Waals surface area contributed by atoms with Gasteiger partial charge >= 0.3 is 5.97 Å². The minimum atomic E-state index is -0.615. The van der Waals surface area contributed by atoms with Crippen LogP contribution in [0.25, 0.3) is 0 Å². The summed E-state index contributed by atoms with van der Waals surface area (Å²) in [7, 11) is 0. The summed E-state index contributed by atoms with van der Waals surface area (Å²) in [4.78, 5) is 25.1. The largest absolute Gasteiger partial charge is 0.489 e. The molecule has 0 saturated heterocycles. The van der Waals surface area contributed by atoms with Crippen LogP contribution >= 0.6 is 28.1 Å². The third-order valence-electron chi connectivity index (χ3n) is 5.07. The van der Waals surface area contributed by atoms with E-state index in [0.717, 1.165) is 4.47 Å². The molecule has 3 rings (SSSR count). The first kappa shape index (κ1) is 27.9. The molecule has 11 heteroatoms. The first-order chi connectivity index (χ1) is 17.8. The average molecular weight is 587 g/mol. The molecule has 0 aromatic heterocycles. The molecule has 9 nitrogen and oxygen atoms in total. The molecule has 194 valence electrons. The number of nitrogens with zero attached hydrogens (tertiary/aromatic N) is 1. The standard InChI is InChI=1S/C26H27BrN4O5S/c1-4-12-35-20-11-10-18(27)13-17(20)14-28-31-22(32)15-36-21-9-7-6-8-19(21)24-23(25(33)34-5-2)16(3)29-26(37)30-24/h4,6-11,13-14,24H,1,5,12,15H2,2-3H3,(H,31,32)(H2,29,30,37)/t24-/m0/s1. The Bertz CT molecular complexity index is 1250. The van der Waals surface area contributed by atoms with Gasteiger partial charge in [-0.15, -0.1) is 0 Å². The van der Waals surface area contributed by atoms with Gasteiger partial charge in [-0.3, -0.25) is 4.79 Å². The molecule has 0 saturated carbocycles. The molecule has 1 amide bonds. The fourth-order valence-electron chi connectivity index (χ4n) is 3.51. The van der Waals surface area contributed by atoms with E-state index in [-0.39, 0.29) is 13.2 Å². The zero-order valence-corrected chi connectivity index (χ0v) is 22.8. The topological polar surface area (TPSA) is 110 Å². The summed E-state index contributed by atoms with van der Waals surface area (Å²) in [5.41, 5.74) is 4.70. The van der Waals surface area contributed by atoms with E-state index in [0.29, 0.717) is 45.6 Å². The number of hydrazone groups is 1. The number of hydrogen-bond donors (Lipinski definition) is 3. The average Bonchev–Trinajstić information content (AvgIpc) is 2.87. The lowest BCUT2D eigenvalue weighted by Gasteiger charge is -2.30. The summed E-state index contributed by atoms with van der Waals surface area (Å²) in [5.74, 6) is 0.0593. The van der Waals surface area contributed by atoms with Crippen molar-refractivity contribution in [3.8, 4) is 11.5 Å². The number of esters is 1. The molecule has 3 N–H and O–H groups in total. The summed E-state index contributed by atoms with van der Waals surface area (Å²) in [5, 5.41) is 10.4. The zero-order valence-electron chi connectivity index (χ0n) is 20.4. The van der Waals surface area contributed by atoms with Crippen LogP contribution in [0, 0.1) is 0 Å². The van der Waals surface area contributed by atoms with Gasteiger partial charge in [0.05, 0.1) is 24.4 Å². The molecule has 1 aliphatic rings. The van der Waals surface area contributed by atoms with Gasteiger partial charge in [0, 0.05) is 21.3 Å². The zero-order chi connectivity index (χ0) is 26.8. The Hall–Kier alpha value is -3.70. The molecular formula is C26H27BrN4O5S. The van der Waals surface area contributed by atoms with E-state index in [9.17, 15) is 9.59 Å². The number of rotatable bonds is 11. The van der Waals surface area contributed by atoms with E-state index in [1.165, 1.54) is 6.21 Å². The highest BCUT2D eigenvalue weighted by atomic mass is 79.9. The molecule has 0 spiro atoms. The predicted molar refractivity (Wildman–Crippen MR) is 148 cm³/mol. The number of halogens is 1. The molecule has 0 unspecified atom stereocenters. The second kappa shape index (κ2) is 13.6. The number of nitrogens with one attached hydrogen (secondary N) is 3. The number of carbonyl (C=O) groups is 2. The van der Waals surface area contributed by atoms with Crippen molar-refractivity contribution < 1.29 is 23.8 Å². The van der Waals surface area contributed by atoms with Crippen molar-refractivity contribution in [3.63, 3.8) is 0 Å². The number of hydrogen-bond acceptors (Lipinski definition) is 7. The quantitative estimate of drug-likeness (QED) is 0.119. The van der Waals surface area contributed by atoms with Gasteiger partial charge in [0.25, 0.3) is 5.91 Å². The molecule has 1 atom stereocenters. The summed E-state index contributed by atoms with van der Waals surface area (Å²) < 4.78 is 17.5. The van der Waals surface area contributed by atoms with Crippen molar-refractivity contribution in [3.05, 3.63) is 82.0 Å². The molecule has 37 heavy (non-hydrogen) atoms. The third kappa shape index (κ3) is 7.64. The highest BCUT2D eigenvalue weighted by Gasteiger charge is 2.32. The first-order valence-corrected chi connectivity index (χ1v) is 12.6. The summed E-state index contributed by atoms with van der Waals surface area (Å²) in [6.45, 7) is 7.39. The van der Waals surface area contributed by atoms with Gasteiger partial charge < -0.3 is 24.8 Å². The second-order valence-corrected chi connectivity index (χ2v) is 9.02. The normalized spacial score (nSPS) is 15.0. The fourth-order valence-corrected chi connectivity index (χ4v) is 4.16. The molecule has 2 aromatic carbocycles. The van der Waals surface area contributed by atoms with E-state index < -0.39 is 17.9 Å². The molecular weight excluding hydrogens is 560 g/mol. The minimum absolute atomic E-state index is 0.230. The van der Waals surface area contributed by atoms with E-state index in [4.69, 9.17) is 26.4 Å². The van der Waals surface area contributed by atoms with Crippen molar-refractivity contribution in [2.75, 3.05) is 19.8 Å². The van der Waals surface area contributed by atoms with Gasteiger partial charge in [-0.05, 0) is 50.3 Å². The fraction of sp³-hybridized carbons (Fsp3) is 0.231. The molecule has 0 fully saturated rings. The van der Waals surface area contributed by atoms with Crippen molar-refractivity contribution in [2.24, 2.45) is 5.10 Å². The number of ether oxygens (including phenoxy) is 3. The Labute approximate surface area is 229 Å².